The van der Waals surface area contributed by atoms with E-state index >= 15 is 0 Å². The minimum absolute atomic E-state index is 0.0591. The zero-order chi connectivity index (χ0) is 18.1. The topological polar surface area (TPSA) is 76.3 Å². The van der Waals surface area contributed by atoms with Gasteiger partial charge in [-0.15, -0.1) is 11.3 Å². The number of hydrogen-bond donors (Lipinski definition) is 0. The summed E-state index contributed by atoms with van der Waals surface area (Å²) in [6.07, 6.45) is 2.28. The zero-order valence-electron chi connectivity index (χ0n) is 14.3. The van der Waals surface area contributed by atoms with Crippen LogP contribution in [0.1, 0.15) is 35.8 Å². The molecule has 3 rings (SSSR count). The van der Waals surface area contributed by atoms with E-state index in [1.54, 1.807) is 24.1 Å². The normalized spacial score (nSPS) is 15.0. The highest BCUT2D eigenvalue weighted by molar-refractivity contribution is 8.01. The summed E-state index contributed by atoms with van der Waals surface area (Å²) in [5, 5.41) is 13.4. The van der Waals surface area contributed by atoms with E-state index in [0.717, 1.165) is 22.9 Å². The molecule has 0 N–H and O–H groups in total. The lowest BCUT2D eigenvalue weighted by molar-refractivity contribution is -0.387. The molecule has 0 aliphatic heterocycles. The Balaban J connectivity index is 1.85. The van der Waals surface area contributed by atoms with E-state index in [1.165, 1.54) is 29.2 Å². The SMILES string of the molecule is Cc1csc(Sc2ccc(C(=O)N(C)C(C)C3CC3)cc2[N+](=O)[O-])n1. The molecule has 6 nitrogen and oxygen atoms in total. The Morgan fingerprint density at radius 1 is 1.48 bits per heavy atom. The van der Waals surface area contributed by atoms with Crippen LogP contribution >= 0.6 is 23.1 Å². The van der Waals surface area contributed by atoms with Gasteiger partial charge in [0.15, 0.2) is 4.34 Å². The Morgan fingerprint density at radius 3 is 2.76 bits per heavy atom. The van der Waals surface area contributed by atoms with E-state index < -0.39 is 4.92 Å². The standard InChI is InChI=1S/C17H19N3O3S2/c1-10-9-24-17(18-10)25-15-7-6-13(8-14(15)20(22)23)16(21)19(3)11(2)12-4-5-12/h6-9,11-12H,4-5H2,1-3H3. The molecule has 1 heterocycles. The summed E-state index contributed by atoms with van der Waals surface area (Å²) < 4.78 is 0.749. The smallest absolute Gasteiger partial charge is 0.284 e. The monoisotopic (exact) mass is 377 g/mol. The number of rotatable bonds is 6. The first-order valence-electron chi connectivity index (χ1n) is 8.02. The number of nitrogens with zero attached hydrogens (tertiary/aromatic N) is 3. The Morgan fingerprint density at radius 2 is 2.20 bits per heavy atom. The number of aryl methyl sites for hydroxylation is 1. The first-order valence-corrected chi connectivity index (χ1v) is 9.72. The van der Waals surface area contributed by atoms with Crippen molar-refractivity contribution in [1.29, 1.82) is 0 Å². The summed E-state index contributed by atoms with van der Waals surface area (Å²) >= 11 is 2.70. The van der Waals surface area contributed by atoms with Crippen molar-refractivity contribution in [2.45, 2.75) is 42.0 Å². The maximum absolute atomic E-state index is 12.7. The van der Waals surface area contributed by atoms with Crippen LogP contribution in [-0.4, -0.2) is 33.8 Å². The summed E-state index contributed by atoms with van der Waals surface area (Å²) in [7, 11) is 1.76. The molecule has 2 aromatic rings. The van der Waals surface area contributed by atoms with Crippen molar-refractivity contribution in [1.82, 2.24) is 9.88 Å². The molecule has 8 heteroatoms. The van der Waals surface area contributed by atoms with Crippen molar-refractivity contribution in [3.8, 4) is 0 Å². The molecule has 1 unspecified atom stereocenters. The van der Waals surface area contributed by atoms with Crippen LogP contribution < -0.4 is 0 Å². The van der Waals surface area contributed by atoms with Gasteiger partial charge in [-0.3, -0.25) is 14.9 Å². The first kappa shape index (κ1) is 17.9. The molecular weight excluding hydrogens is 358 g/mol. The number of nitro groups is 1. The molecular formula is C17H19N3O3S2. The van der Waals surface area contributed by atoms with E-state index in [-0.39, 0.29) is 17.6 Å². The molecule has 1 atom stereocenters. The second kappa shape index (κ2) is 7.13. The maximum atomic E-state index is 12.7. The van der Waals surface area contributed by atoms with Crippen LogP contribution in [0.5, 0.6) is 0 Å². The van der Waals surface area contributed by atoms with Crippen molar-refractivity contribution < 1.29 is 9.72 Å². The number of benzene rings is 1. The second-order valence-corrected chi connectivity index (χ2v) is 8.44. The predicted molar refractivity (Wildman–Crippen MR) is 98.3 cm³/mol. The third kappa shape index (κ3) is 4.01. The fourth-order valence-electron chi connectivity index (χ4n) is 2.64. The lowest BCUT2D eigenvalue weighted by atomic mass is 10.1. The van der Waals surface area contributed by atoms with Gasteiger partial charge in [-0.1, -0.05) is 11.8 Å². The largest absolute Gasteiger partial charge is 0.339 e. The minimum atomic E-state index is -0.441. The number of carbonyl (C=O) groups excluding carboxylic acids is 1. The van der Waals surface area contributed by atoms with E-state index in [2.05, 4.69) is 4.98 Å². The Bertz CT molecular complexity index is 817. The lowest BCUT2D eigenvalue weighted by Crippen LogP contribution is -2.36. The van der Waals surface area contributed by atoms with Gasteiger partial charge in [0, 0.05) is 35.8 Å². The molecule has 0 radical (unpaired) electrons. The molecule has 132 valence electrons. The lowest BCUT2D eigenvalue weighted by Gasteiger charge is -2.25. The Labute approximate surface area is 154 Å². The summed E-state index contributed by atoms with van der Waals surface area (Å²) in [6.45, 7) is 3.91. The van der Waals surface area contributed by atoms with Crippen molar-refractivity contribution >= 4 is 34.7 Å². The van der Waals surface area contributed by atoms with Crippen molar-refractivity contribution in [3.05, 3.63) is 45.0 Å². The van der Waals surface area contributed by atoms with E-state index in [0.29, 0.717) is 16.4 Å². The number of carbonyl (C=O) groups is 1. The van der Waals surface area contributed by atoms with Gasteiger partial charge >= 0.3 is 0 Å². The van der Waals surface area contributed by atoms with Gasteiger partial charge in [-0.2, -0.15) is 0 Å². The van der Waals surface area contributed by atoms with E-state index in [9.17, 15) is 14.9 Å². The number of thiazole rings is 1. The average Bonchev–Trinajstić information content (AvgIpc) is 3.36. The molecule has 0 spiro atoms. The van der Waals surface area contributed by atoms with Gasteiger partial charge in [0.1, 0.15) is 0 Å². The quantitative estimate of drug-likeness (QED) is 0.551. The van der Waals surface area contributed by atoms with Gasteiger partial charge in [0.25, 0.3) is 11.6 Å². The molecule has 1 saturated carbocycles. The fraction of sp³-hybridized carbons (Fsp3) is 0.412. The molecule has 1 aliphatic carbocycles. The van der Waals surface area contributed by atoms with E-state index in [4.69, 9.17) is 0 Å². The van der Waals surface area contributed by atoms with Gasteiger partial charge in [0.2, 0.25) is 0 Å². The number of hydrogen-bond acceptors (Lipinski definition) is 6. The predicted octanol–water partition coefficient (Wildman–Crippen LogP) is 4.38. The molecule has 0 saturated heterocycles. The van der Waals surface area contributed by atoms with Crippen molar-refractivity contribution in [2.75, 3.05) is 7.05 Å². The molecule has 1 amide bonds. The van der Waals surface area contributed by atoms with Crippen molar-refractivity contribution in [3.63, 3.8) is 0 Å². The summed E-state index contributed by atoms with van der Waals surface area (Å²) in [5.41, 5.74) is 1.18. The van der Waals surface area contributed by atoms with Gasteiger partial charge < -0.3 is 4.90 Å². The summed E-state index contributed by atoms with van der Waals surface area (Å²) in [6, 6.07) is 4.83. The van der Waals surface area contributed by atoms with Crippen molar-refractivity contribution in [2.24, 2.45) is 5.92 Å². The first-order chi connectivity index (χ1) is 11.9. The summed E-state index contributed by atoms with van der Waals surface area (Å²) in [4.78, 5) is 30.2. The van der Waals surface area contributed by atoms with E-state index in [1.807, 2.05) is 19.2 Å². The van der Waals surface area contributed by atoms with Crippen LogP contribution in [0.4, 0.5) is 5.69 Å². The average molecular weight is 377 g/mol. The molecule has 1 aliphatic rings. The second-order valence-electron chi connectivity index (χ2n) is 6.29. The summed E-state index contributed by atoms with van der Waals surface area (Å²) in [5.74, 6) is 0.371. The van der Waals surface area contributed by atoms with Gasteiger partial charge in [-0.25, -0.2) is 4.98 Å². The molecule has 1 fully saturated rings. The Kier molecular flexibility index (Phi) is 5.10. The van der Waals surface area contributed by atoms with Crippen LogP contribution in [0.25, 0.3) is 0 Å². The molecule has 1 aromatic heterocycles. The fourth-order valence-corrected chi connectivity index (χ4v) is 4.51. The molecule has 1 aromatic carbocycles. The van der Waals surface area contributed by atoms with Crippen LogP contribution in [-0.2, 0) is 0 Å². The van der Waals surface area contributed by atoms with Crippen LogP contribution in [0.15, 0.2) is 32.8 Å². The molecule has 25 heavy (non-hydrogen) atoms. The minimum Gasteiger partial charge on any atom is -0.339 e. The van der Waals surface area contributed by atoms with Crippen LogP contribution in [0.2, 0.25) is 0 Å². The maximum Gasteiger partial charge on any atom is 0.284 e. The highest BCUT2D eigenvalue weighted by Crippen LogP contribution is 2.38. The number of nitro benzene ring substituents is 1. The number of amides is 1. The van der Waals surface area contributed by atoms with Gasteiger partial charge in [0.05, 0.1) is 9.82 Å². The highest BCUT2D eigenvalue weighted by atomic mass is 32.2. The Hall–Kier alpha value is -1.93. The third-order valence-electron chi connectivity index (χ3n) is 4.43. The van der Waals surface area contributed by atoms with Gasteiger partial charge in [-0.05, 0) is 44.7 Å². The van der Waals surface area contributed by atoms with Crippen LogP contribution in [0.3, 0.4) is 0 Å². The van der Waals surface area contributed by atoms with Crippen LogP contribution in [0, 0.1) is 23.0 Å². The number of aromatic nitrogens is 1. The zero-order valence-corrected chi connectivity index (χ0v) is 15.9. The molecule has 0 bridgehead atoms. The third-order valence-corrected chi connectivity index (χ3v) is 6.55. The highest BCUT2D eigenvalue weighted by Gasteiger charge is 2.33.